The molecule has 0 saturated heterocycles. The fourth-order valence-electron chi connectivity index (χ4n) is 3.80. The monoisotopic (exact) mass is 427 g/mol. The van der Waals surface area contributed by atoms with E-state index in [4.69, 9.17) is 10.5 Å². The van der Waals surface area contributed by atoms with E-state index in [0.717, 1.165) is 11.1 Å². The van der Waals surface area contributed by atoms with Crippen molar-refractivity contribution in [2.75, 3.05) is 0 Å². The van der Waals surface area contributed by atoms with Crippen LogP contribution in [0, 0.1) is 12.7 Å². The van der Waals surface area contributed by atoms with Crippen molar-refractivity contribution in [3.05, 3.63) is 83.2 Å². The molecule has 1 unspecified atom stereocenters. The lowest BCUT2D eigenvalue weighted by Gasteiger charge is -2.31. The predicted octanol–water partition coefficient (Wildman–Crippen LogP) is 5.29. The van der Waals surface area contributed by atoms with Crippen molar-refractivity contribution in [1.29, 1.82) is 0 Å². The van der Waals surface area contributed by atoms with Gasteiger partial charge in [-0.25, -0.2) is 4.39 Å². The molecule has 6 heteroatoms. The van der Waals surface area contributed by atoms with Crippen molar-refractivity contribution < 1.29 is 19.0 Å². The van der Waals surface area contributed by atoms with Gasteiger partial charge in [-0.05, 0) is 54.7 Å². The van der Waals surface area contributed by atoms with Gasteiger partial charge in [0.05, 0.1) is 0 Å². The van der Waals surface area contributed by atoms with Gasteiger partial charge in [0.15, 0.2) is 0 Å². The van der Waals surface area contributed by atoms with Crippen LogP contribution in [0.4, 0.5) is 4.39 Å². The quantitative estimate of drug-likeness (QED) is 0.593. The number of hydrogen-bond donors (Lipinski definition) is 2. The number of carboxylic acid groups (broad SMARTS) is 1. The van der Waals surface area contributed by atoms with E-state index >= 15 is 0 Å². The highest BCUT2D eigenvalue weighted by Gasteiger charge is 2.37. The number of aryl methyl sites for hydroxylation is 2. The van der Waals surface area contributed by atoms with Crippen LogP contribution in [-0.2, 0) is 17.6 Å². The summed E-state index contributed by atoms with van der Waals surface area (Å²) >= 11 is 0. The number of ether oxygens (including phenoxy) is 1. The Morgan fingerprint density at radius 2 is 1.80 bits per heavy atom. The van der Waals surface area contributed by atoms with Crippen LogP contribution in [0.2, 0.25) is 0 Å². The number of para-hydroxylation sites is 1. The number of benzene rings is 3. The van der Waals surface area contributed by atoms with Gasteiger partial charge in [0.2, 0.25) is 0 Å². The summed E-state index contributed by atoms with van der Waals surface area (Å²) in [6, 6.07) is 18.2. The molecule has 0 amide bonds. The summed E-state index contributed by atoms with van der Waals surface area (Å²) < 4.78 is 20.8. The van der Waals surface area contributed by atoms with Gasteiger partial charge in [-0.15, -0.1) is 12.4 Å². The van der Waals surface area contributed by atoms with Crippen LogP contribution in [0.25, 0.3) is 11.1 Å². The molecule has 0 aliphatic heterocycles. The molecule has 3 N–H and O–H groups in total. The van der Waals surface area contributed by atoms with Crippen molar-refractivity contribution in [2.24, 2.45) is 5.73 Å². The highest BCUT2D eigenvalue weighted by molar-refractivity contribution is 5.85. The van der Waals surface area contributed by atoms with Crippen LogP contribution >= 0.6 is 12.4 Å². The Balaban J connectivity index is 0.00000256. The van der Waals surface area contributed by atoms with Gasteiger partial charge in [-0.3, -0.25) is 4.79 Å². The largest absolute Gasteiger partial charge is 0.480 e. The van der Waals surface area contributed by atoms with Crippen LogP contribution in [-0.4, -0.2) is 16.6 Å². The van der Waals surface area contributed by atoms with Crippen LogP contribution in [0.1, 0.15) is 23.1 Å². The lowest BCUT2D eigenvalue weighted by Crippen LogP contribution is -2.52. The summed E-state index contributed by atoms with van der Waals surface area (Å²) in [5, 5.41) is 9.45. The Morgan fingerprint density at radius 3 is 2.57 bits per heavy atom. The maximum atomic E-state index is 14.7. The molecule has 4 rings (SSSR count). The Kier molecular flexibility index (Phi) is 6.15. The van der Waals surface area contributed by atoms with Crippen molar-refractivity contribution in [3.63, 3.8) is 0 Å². The molecule has 0 aromatic heterocycles. The zero-order valence-electron chi connectivity index (χ0n) is 16.5. The number of hydrogen-bond acceptors (Lipinski definition) is 3. The van der Waals surface area contributed by atoms with Crippen LogP contribution in [0.5, 0.6) is 11.5 Å². The van der Waals surface area contributed by atoms with Crippen LogP contribution < -0.4 is 10.5 Å². The minimum Gasteiger partial charge on any atom is -0.480 e. The molecule has 0 fully saturated rings. The maximum absolute atomic E-state index is 14.7. The van der Waals surface area contributed by atoms with E-state index < -0.39 is 11.5 Å². The second kappa shape index (κ2) is 8.46. The molecule has 1 aliphatic rings. The smallest absolute Gasteiger partial charge is 0.324 e. The van der Waals surface area contributed by atoms with Gasteiger partial charge in [0, 0.05) is 17.5 Å². The van der Waals surface area contributed by atoms with Gasteiger partial charge in [-0.2, -0.15) is 0 Å². The van der Waals surface area contributed by atoms with Crippen molar-refractivity contribution in [2.45, 2.75) is 31.7 Å². The number of halogens is 2. The third-order valence-corrected chi connectivity index (χ3v) is 5.55. The normalized spacial score (nSPS) is 17.6. The third-order valence-electron chi connectivity index (χ3n) is 5.55. The number of nitrogens with two attached hydrogens (primary N) is 1. The molecule has 0 spiro atoms. The van der Waals surface area contributed by atoms with Crippen molar-refractivity contribution >= 4 is 18.4 Å². The highest BCUT2D eigenvalue weighted by atomic mass is 35.5. The lowest BCUT2D eigenvalue weighted by molar-refractivity contribution is -0.143. The summed E-state index contributed by atoms with van der Waals surface area (Å²) in [5.41, 5.74) is 8.47. The summed E-state index contributed by atoms with van der Waals surface area (Å²) in [5.74, 6) is -0.165. The highest BCUT2D eigenvalue weighted by Crippen LogP contribution is 2.37. The molecular formula is C24H23ClFNO3. The van der Waals surface area contributed by atoms with Gasteiger partial charge >= 0.3 is 5.97 Å². The molecule has 156 valence electrons. The summed E-state index contributed by atoms with van der Waals surface area (Å²) in [4.78, 5) is 11.5. The molecule has 3 aromatic carbocycles. The van der Waals surface area contributed by atoms with E-state index in [9.17, 15) is 14.3 Å². The molecular weight excluding hydrogens is 405 g/mol. The first-order chi connectivity index (χ1) is 13.9. The predicted molar refractivity (Wildman–Crippen MR) is 117 cm³/mol. The minimum absolute atomic E-state index is 0. The summed E-state index contributed by atoms with van der Waals surface area (Å²) in [6.45, 7) is 1.73. The zero-order chi connectivity index (χ0) is 20.6. The third kappa shape index (κ3) is 4.04. The second-order valence-electron chi connectivity index (χ2n) is 7.60. The van der Waals surface area contributed by atoms with Crippen molar-refractivity contribution in [3.8, 4) is 22.6 Å². The zero-order valence-corrected chi connectivity index (χ0v) is 17.3. The van der Waals surface area contributed by atoms with Gasteiger partial charge in [-0.1, -0.05) is 42.5 Å². The Bertz CT molecular complexity index is 1100. The van der Waals surface area contributed by atoms with E-state index in [1.165, 1.54) is 0 Å². The number of fused-ring (bicyclic) bond motifs is 1. The van der Waals surface area contributed by atoms with Gasteiger partial charge < -0.3 is 15.6 Å². The fraction of sp³-hybridized carbons (Fsp3) is 0.208. The van der Waals surface area contributed by atoms with Crippen LogP contribution in [0.15, 0.2) is 60.7 Å². The fourth-order valence-corrected chi connectivity index (χ4v) is 3.80. The first-order valence-corrected chi connectivity index (χ1v) is 9.54. The number of carboxylic acids is 1. The van der Waals surface area contributed by atoms with E-state index in [2.05, 4.69) is 0 Å². The lowest BCUT2D eigenvalue weighted by atomic mass is 9.78. The van der Waals surface area contributed by atoms with E-state index in [0.29, 0.717) is 41.0 Å². The number of rotatable bonds is 4. The summed E-state index contributed by atoms with van der Waals surface area (Å²) in [7, 11) is 0. The molecule has 0 saturated carbocycles. The standard InChI is InChI=1S/C24H22FNO3.ClH/c1-15-5-4-7-20(22(15)25)19-6-2-3-8-21(19)29-18-10-9-16-11-12-24(26,23(27)28)14-17(16)13-18;/h2-10,13H,11-12,14,26H2,1H3,(H,27,28);1H. The number of carbonyl (C=O) groups is 1. The van der Waals surface area contributed by atoms with E-state index in [-0.39, 0.29) is 24.6 Å². The van der Waals surface area contributed by atoms with Crippen LogP contribution in [0.3, 0.4) is 0 Å². The summed E-state index contributed by atoms with van der Waals surface area (Å²) in [6.07, 6.45) is 1.28. The Morgan fingerprint density at radius 1 is 1.07 bits per heavy atom. The van der Waals surface area contributed by atoms with E-state index in [1.807, 2.05) is 42.5 Å². The van der Waals surface area contributed by atoms with E-state index in [1.54, 1.807) is 25.1 Å². The SMILES string of the molecule is Cc1cccc(-c2ccccc2Oc2ccc3c(c2)CC(N)(C(=O)O)CC3)c1F.Cl. The topological polar surface area (TPSA) is 72.5 Å². The molecule has 0 bridgehead atoms. The molecule has 1 atom stereocenters. The minimum atomic E-state index is -1.26. The molecule has 30 heavy (non-hydrogen) atoms. The average molecular weight is 428 g/mol. The molecule has 4 nitrogen and oxygen atoms in total. The first-order valence-electron chi connectivity index (χ1n) is 9.54. The molecule has 0 heterocycles. The Labute approximate surface area is 180 Å². The first kappa shape index (κ1) is 21.8. The van der Waals surface area contributed by atoms with Gasteiger partial charge in [0.25, 0.3) is 0 Å². The van der Waals surface area contributed by atoms with Gasteiger partial charge in [0.1, 0.15) is 22.9 Å². The molecule has 3 aromatic rings. The second-order valence-corrected chi connectivity index (χ2v) is 7.60. The number of aliphatic carboxylic acids is 1. The Hall–Kier alpha value is -2.89. The molecule has 1 aliphatic carbocycles. The average Bonchev–Trinajstić information content (AvgIpc) is 2.70. The maximum Gasteiger partial charge on any atom is 0.324 e. The van der Waals surface area contributed by atoms with Crippen molar-refractivity contribution in [1.82, 2.24) is 0 Å². The molecule has 0 radical (unpaired) electrons.